The number of urea groups is 1. The molecule has 6 heteroatoms. The van der Waals surface area contributed by atoms with E-state index in [1.807, 2.05) is 18.2 Å². The van der Waals surface area contributed by atoms with Gasteiger partial charge in [0.05, 0.1) is 0 Å². The lowest BCUT2D eigenvalue weighted by molar-refractivity contribution is 0.0299. The standard InChI is InChI=1S/C28H35N5O/c1-23-12-14-28(15-13-23,32-20-18-31(19-21-32)26-10-3-2-4-11-26)24-8-7-9-25(22-24)30-27(34)33-17-6-5-16-29-33/h2-11,16-17,22-23,29H,12-15,18-21H2,1H3,(H,30,34)/t23-,28-. The highest BCUT2D eigenvalue weighted by atomic mass is 16.2. The van der Waals surface area contributed by atoms with Crippen molar-refractivity contribution in [3.63, 3.8) is 0 Å². The minimum absolute atomic E-state index is 0.0298. The highest BCUT2D eigenvalue weighted by Gasteiger charge is 2.42. The molecule has 1 aliphatic carbocycles. The topological polar surface area (TPSA) is 50.9 Å². The molecule has 5 rings (SSSR count). The van der Waals surface area contributed by atoms with Crippen molar-refractivity contribution in [1.82, 2.24) is 15.3 Å². The Kier molecular flexibility index (Phi) is 6.59. The molecule has 2 fully saturated rings. The molecule has 2 aromatic carbocycles. The fraction of sp³-hybridized carbons (Fsp3) is 0.393. The maximum Gasteiger partial charge on any atom is 0.344 e. The van der Waals surface area contributed by atoms with E-state index in [0.29, 0.717) is 0 Å². The summed E-state index contributed by atoms with van der Waals surface area (Å²) < 4.78 is 0. The molecule has 0 aromatic heterocycles. The average Bonchev–Trinajstić information content (AvgIpc) is 2.91. The first kappa shape index (κ1) is 22.5. The lowest BCUT2D eigenvalue weighted by Crippen LogP contribution is -2.56. The number of benzene rings is 2. The minimum Gasteiger partial charge on any atom is -0.369 e. The van der Waals surface area contributed by atoms with Crippen LogP contribution in [0.15, 0.2) is 79.1 Å². The highest BCUT2D eigenvalue weighted by molar-refractivity contribution is 5.90. The van der Waals surface area contributed by atoms with Gasteiger partial charge >= 0.3 is 6.03 Å². The van der Waals surface area contributed by atoms with Crippen LogP contribution in [-0.2, 0) is 5.54 Å². The number of anilines is 2. The van der Waals surface area contributed by atoms with E-state index < -0.39 is 0 Å². The summed E-state index contributed by atoms with van der Waals surface area (Å²) in [6.45, 7) is 6.56. The van der Waals surface area contributed by atoms with Crippen LogP contribution in [0.1, 0.15) is 38.2 Å². The van der Waals surface area contributed by atoms with E-state index in [4.69, 9.17) is 0 Å². The van der Waals surface area contributed by atoms with Crippen LogP contribution in [0.5, 0.6) is 0 Å². The van der Waals surface area contributed by atoms with Gasteiger partial charge in [-0.25, -0.2) is 9.80 Å². The number of rotatable bonds is 4. The molecule has 2 heterocycles. The Morgan fingerprint density at radius 3 is 2.44 bits per heavy atom. The maximum atomic E-state index is 12.7. The van der Waals surface area contributed by atoms with Gasteiger partial charge in [-0.1, -0.05) is 37.3 Å². The molecular formula is C28H35N5O. The van der Waals surface area contributed by atoms with Gasteiger partial charge in [0.2, 0.25) is 0 Å². The number of nitrogens with one attached hydrogen (secondary N) is 2. The van der Waals surface area contributed by atoms with Crippen LogP contribution in [0.25, 0.3) is 0 Å². The minimum atomic E-state index is -0.194. The Hall–Kier alpha value is -3.25. The van der Waals surface area contributed by atoms with Gasteiger partial charge in [0.15, 0.2) is 0 Å². The molecule has 1 saturated heterocycles. The summed E-state index contributed by atoms with van der Waals surface area (Å²) in [7, 11) is 0. The third-order valence-corrected chi connectivity index (χ3v) is 7.63. The highest BCUT2D eigenvalue weighted by Crippen LogP contribution is 2.45. The summed E-state index contributed by atoms with van der Waals surface area (Å²) in [6, 6.07) is 19.1. The van der Waals surface area contributed by atoms with Gasteiger partial charge in [-0.2, -0.15) is 0 Å². The molecule has 6 nitrogen and oxygen atoms in total. The fourth-order valence-corrected chi connectivity index (χ4v) is 5.61. The molecule has 34 heavy (non-hydrogen) atoms. The third-order valence-electron chi connectivity index (χ3n) is 7.63. The lowest BCUT2D eigenvalue weighted by atomic mass is 9.71. The van der Waals surface area contributed by atoms with E-state index in [-0.39, 0.29) is 11.6 Å². The Bertz CT molecular complexity index is 1030. The lowest BCUT2D eigenvalue weighted by Gasteiger charge is -2.51. The zero-order chi connectivity index (χ0) is 23.4. The molecule has 0 spiro atoms. The first-order chi connectivity index (χ1) is 16.6. The largest absolute Gasteiger partial charge is 0.369 e. The number of allylic oxidation sites excluding steroid dienone is 2. The van der Waals surface area contributed by atoms with Crippen LogP contribution in [0.4, 0.5) is 16.2 Å². The van der Waals surface area contributed by atoms with Gasteiger partial charge in [-0.3, -0.25) is 10.3 Å². The molecule has 0 atom stereocenters. The molecule has 2 amide bonds. The first-order valence-corrected chi connectivity index (χ1v) is 12.5. The maximum absolute atomic E-state index is 12.7. The first-order valence-electron chi connectivity index (χ1n) is 12.5. The molecule has 0 unspecified atom stereocenters. The Labute approximate surface area is 202 Å². The number of hydrazine groups is 1. The predicted octanol–water partition coefficient (Wildman–Crippen LogP) is 5.29. The van der Waals surface area contributed by atoms with E-state index in [9.17, 15) is 4.79 Å². The number of carbonyl (C=O) groups is 1. The second kappa shape index (κ2) is 9.94. The summed E-state index contributed by atoms with van der Waals surface area (Å²) in [4.78, 5) is 17.9. The van der Waals surface area contributed by atoms with Crippen molar-refractivity contribution in [2.45, 2.75) is 38.1 Å². The molecule has 3 aliphatic rings. The number of hydrogen-bond acceptors (Lipinski definition) is 4. The van der Waals surface area contributed by atoms with Gasteiger partial charge in [-0.05, 0) is 73.6 Å². The van der Waals surface area contributed by atoms with Crippen LogP contribution in [0.2, 0.25) is 0 Å². The number of amides is 2. The van der Waals surface area contributed by atoms with Crippen molar-refractivity contribution in [1.29, 1.82) is 0 Å². The van der Waals surface area contributed by atoms with E-state index in [1.165, 1.54) is 29.1 Å². The molecule has 0 bridgehead atoms. The zero-order valence-electron chi connectivity index (χ0n) is 20.0. The average molecular weight is 458 g/mol. The van der Waals surface area contributed by atoms with Crippen molar-refractivity contribution in [2.24, 2.45) is 5.92 Å². The normalized spacial score (nSPS) is 25.1. The number of carbonyl (C=O) groups excluding carboxylic acids is 1. The SMILES string of the molecule is C[C@H]1CC[C@](c2cccc(NC(=O)N3C=CC=CN3)c2)(N2CCN(c3ccccc3)CC2)CC1. The molecular weight excluding hydrogens is 422 g/mol. The van der Waals surface area contributed by atoms with Crippen LogP contribution in [-0.4, -0.2) is 42.1 Å². The van der Waals surface area contributed by atoms with Crippen LogP contribution >= 0.6 is 0 Å². The van der Waals surface area contributed by atoms with Crippen LogP contribution in [0, 0.1) is 5.92 Å². The molecule has 178 valence electrons. The Morgan fingerprint density at radius 2 is 1.74 bits per heavy atom. The summed E-state index contributed by atoms with van der Waals surface area (Å²) in [6.07, 6.45) is 12.0. The van der Waals surface area contributed by atoms with Gasteiger partial charge < -0.3 is 10.2 Å². The van der Waals surface area contributed by atoms with Crippen molar-refractivity contribution in [3.05, 3.63) is 84.7 Å². The van der Waals surface area contributed by atoms with Crippen molar-refractivity contribution in [2.75, 3.05) is 36.4 Å². The van der Waals surface area contributed by atoms with Gasteiger partial charge in [0.1, 0.15) is 0 Å². The van der Waals surface area contributed by atoms with Crippen LogP contribution < -0.4 is 15.6 Å². The van der Waals surface area contributed by atoms with Gasteiger partial charge in [-0.15, -0.1) is 0 Å². The number of piperazine rings is 1. The number of hydrogen-bond donors (Lipinski definition) is 2. The summed E-state index contributed by atoms with van der Waals surface area (Å²) in [5.74, 6) is 0.770. The van der Waals surface area contributed by atoms with E-state index in [1.54, 1.807) is 12.4 Å². The molecule has 2 N–H and O–H groups in total. The van der Waals surface area contributed by atoms with E-state index in [0.717, 1.165) is 50.6 Å². The van der Waals surface area contributed by atoms with E-state index in [2.05, 4.69) is 76.0 Å². The smallest absolute Gasteiger partial charge is 0.344 e. The molecule has 2 aliphatic heterocycles. The van der Waals surface area contributed by atoms with Gasteiger partial charge in [0, 0.05) is 55.5 Å². The monoisotopic (exact) mass is 457 g/mol. The Balaban J connectivity index is 1.35. The fourth-order valence-electron chi connectivity index (χ4n) is 5.61. The number of nitrogens with zero attached hydrogens (tertiary/aromatic N) is 3. The third kappa shape index (κ3) is 4.68. The molecule has 1 saturated carbocycles. The second-order valence-electron chi connectivity index (χ2n) is 9.73. The van der Waals surface area contributed by atoms with Crippen molar-refractivity contribution in [3.8, 4) is 0 Å². The second-order valence-corrected chi connectivity index (χ2v) is 9.73. The van der Waals surface area contributed by atoms with Gasteiger partial charge in [0.25, 0.3) is 0 Å². The molecule has 2 aromatic rings. The summed E-state index contributed by atoms with van der Waals surface area (Å²) >= 11 is 0. The van der Waals surface area contributed by atoms with Crippen molar-refractivity contribution < 1.29 is 4.79 Å². The molecule has 0 radical (unpaired) electrons. The van der Waals surface area contributed by atoms with Crippen LogP contribution in [0.3, 0.4) is 0 Å². The number of para-hydroxylation sites is 1. The van der Waals surface area contributed by atoms with E-state index >= 15 is 0 Å². The van der Waals surface area contributed by atoms with Crippen molar-refractivity contribution >= 4 is 17.4 Å². The quantitative estimate of drug-likeness (QED) is 0.655. The summed E-state index contributed by atoms with van der Waals surface area (Å²) in [5, 5.41) is 4.51. The predicted molar refractivity (Wildman–Crippen MR) is 138 cm³/mol. The Morgan fingerprint density at radius 1 is 0.971 bits per heavy atom. The zero-order valence-corrected chi connectivity index (χ0v) is 20.0. The summed E-state index contributed by atoms with van der Waals surface area (Å²) in [5.41, 5.74) is 6.45.